The highest BCUT2D eigenvalue weighted by Crippen LogP contribution is 2.26. The summed E-state index contributed by atoms with van der Waals surface area (Å²) in [4.78, 5) is 0. The molecular weight excluding hydrogens is 200 g/mol. The summed E-state index contributed by atoms with van der Waals surface area (Å²) in [7, 11) is 0. The van der Waals surface area contributed by atoms with E-state index in [4.69, 9.17) is 15.9 Å². The fraction of sp³-hybridized carbons (Fsp3) is 0.462. The second-order valence-corrected chi connectivity index (χ2v) is 4.86. The summed E-state index contributed by atoms with van der Waals surface area (Å²) in [6.07, 6.45) is 0.292. The van der Waals surface area contributed by atoms with E-state index in [2.05, 4.69) is 0 Å². The Morgan fingerprint density at radius 1 is 1.31 bits per heavy atom. The van der Waals surface area contributed by atoms with Gasteiger partial charge in [0.2, 0.25) is 0 Å². The summed E-state index contributed by atoms with van der Waals surface area (Å²) in [6, 6.07) is 9.90. The normalized spacial score (nSPS) is 13.4. The molecule has 0 bridgehead atoms. The zero-order valence-electron chi connectivity index (χ0n) is 10.2. The average Bonchev–Trinajstić information content (AvgIpc) is 2.15. The molecule has 0 heterocycles. The first-order valence-corrected chi connectivity index (χ1v) is 5.44. The monoisotopic (exact) mass is 220 g/mol. The van der Waals surface area contributed by atoms with Gasteiger partial charge in [-0.1, -0.05) is 30.3 Å². The lowest BCUT2D eigenvalue weighted by Crippen LogP contribution is -2.25. The molecule has 1 atom stereocenters. The van der Waals surface area contributed by atoms with Crippen molar-refractivity contribution in [2.75, 3.05) is 0 Å². The van der Waals surface area contributed by atoms with Gasteiger partial charge in [0.25, 0.3) is 0 Å². The standard InChI is InChI=1S/C13H20N2O/c1-13(2,3)16-11(9-12(14)15)10-7-5-4-6-8-10/h4-8,11H,9H2,1-3H3,(H3,14,15). The molecule has 3 heteroatoms. The molecule has 1 aromatic rings. The molecule has 0 radical (unpaired) electrons. The molecule has 0 aliphatic carbocycles. The van der Waals surface area contributed by atoms with Gasteiger partial charge in [0.05, 0.1) is 17.5 Å². The minimum absolute atomic E-state index is 0.140. The minimum Gasteiger partial charge on any atom is -0.388 e. The molecule has 0 amide bonds. The lowest BCUT2D eigenvalue weighted by Gasteiger charge is -2.27. The Morgan fingerprint density at radius 3 is 2.31 bits per heavy atom. The first-order chi connectivity index (χ1) is 7.38. The molecule has 0 aromatic heterocycles. The molecule has 0 aliphatic rings. The van der Waals surface area contributed by atoms with Crippen molar-refractivity contribution in [1.29, 1.82) is 5.41 Å². The van der Waals surface area contributed by atoms with Crippen LogP contribution in [0.25, 0.3) is 0 Å². The Labute approximate surface area is 97.1 Å². The van der Waals surface area contributed by atoms with E-state index in [1.807, 2.05) is 51.1 Å². The highest BCUT2D eigenvalue weighted by Gasteiger charge is 2.20. The Morgan fingerprint density at radius 2 is 1.88 bits per heavy atom. The summed E-state index contributed by atoms with van der Waals surface area (Å²) in [5, 5.41) is 7.38. The van der Waals surface area contributed by atoms with E-state index in [0.29, 0.717) is 6.42 Å². The van der Waals surface area contributed by atoms with Crippen LogP contribution in [0.15, 0.2) is 30.3 Å². The number of benzene rings is 1. The van der Waals surface area contributed by atoms with E-state index in [9.17, 15) is 0 Å². The average molecular weight is 220 g/mol. The van der Waals surface area contributed by atoms with Crippen molar-refractivity contribution in [3.05, 3.63) is 35.9 Å². The molecule has 0 saturated heterocycles. The SMILES string of the molecule is CC(C)(C)OC(CC(=N)N)c1ccccc1. The van der Waals surface area contributed by atoms with Crippen molar-refractivity contribution in [1.82, 2.24) is 0 Å². The third-order valence-corrected chi connectivity index (χ3v) is 2.07. The van der Waals surface area contributed by atoms with Crippen molar-refractivity contribution in [3.8, 4) is 0 Å². The second-order valence-electron chi connectivity index (χ2n) is 4.86. The summed E-state index contributed by atoms with van der Waals surface area (Å²) < 4.78 is 5.91. The molecule has 0 spiro atoms. The molecule has 0 aliphatic heterocycles. The Bertz CT molecular complexity index is 341. The van der Waals surface area contributed by atoms with Crippen LogP contribution in [0, 0.1) is 5.41 Å². The largest absolute Gasteiger partial charge is 0.388 e. The van der Waals surface area contributed by atoms with Crippen molar-refractivity contribution < 1.29 is 4.74 Å². The van der Waals surface area contributed by atoms with Gasteiger partial charge >= 0.3 is 0 Å². The summed E-state index contributed by atoms with van der Waals surface area (Å²) in [6.45, 7) is 6.01. The van der Waals surface area contributed by atoms with E-state index >= 15 is 0 Å². The van der Waals surface area contributed by atoms with Crippen molar-refractivity contribution in [2.24, 2.45) is 5.73 Å². The van der Waals surface area contributed by atoms with Crippen LogP contribution in [0.3, 0.4) is 0 Å². The smallest absolute Gasteiger partial charge is 0.0934 e. The quantitative estimate of drug-likeness (QED) is 0.605. The van der Waals surface area contributed by atoms with Crippen LogP contribution >= 0.6 is 0 Å². The van der Waals surface area contributed by atoms with Gasteiger partial charge in [-0.05, 0) is 26.3 Å². The summed E-state index contributed by atoms with van der Waals surface area (Å²) in [5.74, 6) is 0.151. The van der Waals surface area contributed by atoms with Gasteiger partial charge in [-0.25, -0.2) is 0 Å². The van der Waals surface area contributed by atoms with Crippen LogP contribution < -0.4 is 5.73 Å². The predicted molar refractivity (Wildman–Crippen MR) is 66.6 cm³/mol. The Kier molecular flexibility index (Phi) is 4.07. The first-order valence-electron chi connectivity index (χ1n) is 5.44. The van der Waals surface area contributed by atoms with Gasteiger partial charge in [0.1, 0.15) is 0 Å². The van der Waals surface area contributed by atoms with E-state index in [0.717, 1.165) is 5.56 Å². The van der Waals surface area contributed by atoms with Crippen molar-refractivity contribution in [3.63, 3.8) is 0 Å². The first kappa shape index (κ1) is 12.7. The Balaban J connectivity index is 2.84. The molecule has 1 aromatic carbocycles. The molecule has 3 nitrogen and oxygen atoms in total. The number of nitrogens with one attached hydrogen (secondary N) is 1. The fourth-order valence-electron chi connectivity index (χ4n) is 1.52. The predicted octanol–water partition coefficient (Wildman–Crippen LogP) is 2.87. The van der Waals surface area contributed by atoms with Gasteiger partial charge < -0.3 is 10.5 Å². The molecular formula is C13H20N2O. The summed E-state index contributed by atoms with van der Waals surface area (Å²) >= 11 is 0. The van der Waals surface area contributed by atoms with Crippen LogP contribution in [-0.4, -0.2) is 11.4 Å². The van der Waals surface area contributed by atoms with E-state index in [1.165, 1.54) is 0 Å². The third kappa shape index (κ3) is 4.45. The minimum atomic E-state index is -0.240. The van der Waals surface area contributed by atoms with Gasteiger partial charge in [0, 0.05) is 6.42 Å². The number of amidine groups is 1. The number of hydrogen-bond donors (Lipinski definition) is 2. The Hall–Kier alpha value is -1.35. The number of ether oxygens (including phenoxy) is 1. The molecule has 88 valence electrons. The maximum Gasteiger partial charge on any atom is 0.0934 e. The lowest BCUT2D eigenvalue weighted by atomic mass is 10.0. The molecule has 16 heavy (non-hydrogen) atoms. The number of hydrogen-bond acceptors (Lipinski definition) is 2. The molecule has 0 saturated carbocycles. The topological polar surface area (TPSA) is 59.1 Å². The van der Waals surface area contributed by atoms with Gasteiger partial charge in [-0.2, -0.15) is 0 Å². The second kappa shape index (κ2) is 5.12. The van der Waals surface area contributed by atoms with Crippen LogP contribution in [0.1, 0.15) is 38.9 Å². The van der Waals surface area contributed by atoms with E-state index < -0.39 is 0 Å². The van der Waals surface area contributed by atoms with Crippen molar-refractivity contribution in [2.45, 2.75) is 38.9 Å². The maximum atomic E-state index is 7.38. The highest BCUT2D eigenvalue weighted by atomic mass is 16.5. The van der Waals surface area contributed by atoms with Crippen LogP contribution in [-0.2, 0) is 4.74 Å². The zero-order chi connectivity index (χ0) is 12.2. The van der Waals surface area contributed by atoms with Gasteiger partial charge in [-0.3, -0.25) is 5.41 Å². The number of nitrogens with two attached hydrogens (primary N) is 1. The highest BCUT2D eigenvalue weighted by molar-refractivity contribution is 5.77. The van der Waals surface area contributed by atoms with E-state index in [-0.39, 0.29) is 17.5 Å². The van der Waals surface area contributed by atoms with Crippen LogP contribution in [0.4, 0.5) is 0 Å². The third-order valence-electron chi connectivity index (χ3n) is 2.07. The molecule has 1 unspecified atom stereocenters. The van der Waals surface area contributed by atoms with Gasteiger partial charge in [-0.15, -0.1) is 0 Å². The molecule has 1 rings (SSSR count). The van der Waals surface area contributed by atoms with Crippen molar-refractivity contribution >= 4 is 5.84 Å². The maximum absolute atomic E-state index is 7.38. The fourth-order valence-corrected chi connectivity index (χ4v) is 1.52. The summed E-state index contributed by atoms with van der Waals surface area (Å²) in [5.41, 5.74) is 6.28. The van der Waals surface area contributed by atoms with E-state index in [1.54, 1.807) is 0 Å². The lowest BCUT2D eigenvalue weighted by molar-refractivity contribution is -0.0584. The van der Waals surface area contributed by atoms with Crippen LogP contribution in [0.5, 0.6) is 0 Å². The van der Waals surface area contributed by atoms with Crippen LogP contribution in [0.2, 0.25) is 0 Å². The van der Waals surface area contributed by atoms with Gasteiger partial charge in [0.15, 0.2) is 0 Å². The molecule has 3 N–H and O–H groups in total. The number of rotatable bonds is 4. The zero-order valence-corrected chi connectivity index (χ0v) is 10.2. The molecule has 0 fully saturated rings.